The number of hydrogen-bond acceptors (Lipinski definition) is 5. The monoisotopic (exact) mass is 383 g/mol. The predicted octanol–water partition coefficient (Wildman–Crippen LogP) is 2.92. The zero-order valence-corrected chi connectivity index (χ0v) is 15.6. The van der Waals surface area contributed by atoms with Gasteiger partial charge in [0.25, 0.3) is 5.56 Å². The summed E-state index contributed by atoms with van der Waals surface area (Å²) < 4.78 is 17.6. The number of piperidine rings is 1. The number of aryl methyl sites for hydroxylation is 1. The summed E-state index contributed by atoms with van der Waals surface area (Å²) in [7, 11) is 1.75. The predicted molar refractivity (Wildman–Crippen MR) is 104 cm³/mol. The zero-order chi connectivity index (χ0) is 18.5. The first-order valence-electron chi connectivity index (χ1n) is 8.95. The van der Waals surface area contributed by atoms with Crippen LogP contribution in [0.4, 0.5) is 4.39 Å². The van der Waals surface area contributed by atoms with Crippen molar-refractivity contribution in [1.29, 1.82) is 0 Å². The van der Waals surface area contributed by atoms with Gasteiger partial charge in [0.15, 0.2) is 10.8 Å². The van der Waals surface area contributed by atoms with Gasteiger partial charge in [0.2, 0.25) is 0 Å². The summed E-state index contributed by atoms with van der Waals surface area (Å²) >= 11 is 1.55. The van der Waals surface area contributed by atoms with Crippen LogP contribution in [0.25, 0.3) is 27.1 Å². The molecule has 4 heterocycles. The summed E-state index contributed by atoms with van der Waals surface area (Å²) in [6, 6.07) is 4.70. The van der Waals surface area contributed by atoms with Crippen LogP contribution in [0.3, 0.4) is 0 Å². The van der Waals surface area contributed by atoms with Crippen molar-refractivity contribution in [3.05, 3.63) is 51.6 Å². The largest absolute Gasteiger partial charge is 0.317 e. The molecule has 0 spiro atoms. The minimum Gasteiger partial charge on any atom is -0.317 e. The molecule has 0 unspecified atom stereocenters. The van der Waals surface area contributed by atoms with E-state index in [1.807, 2.05) is 12.3 Å². The van der Waals surface area contributed by atoms with Crippen molar-refractivity contribution in [1.82, 2.24) is 24.5 Å². The fraction of sp³-hybridized carbons (Fsp3) is 0.316. The fourth-order valence-electron chi connectivity index (χ4n) is 3.72. The topological polar surface area (TPSA) is 64.2 Å². The van der Waals surface area contributed by atoms with Crippen LogP contribution >= 0.6 is 11.3 Å². The van der Waals surface area contributed by atoms with Gasteiger partial charge in [-0.25, -0.2) is 9.37 Å². The first-order chi connectivity index (χ1) is 13.1. The highest BCUT2D eigenvalue weighted by Gasteiger charge is 2.19. The van der Waals surface area contributed by atoms with E-state index in [2.05, 4.69) is 15.4 Å². The Labute approximate surface area is 158 Å². The smallest absolute Gasteiger partial charge is 0.259 e. The maximum Gasteiger partial charge on any atom is 0.259 e. The normalized spacial score (nSPS) is 15.8. The van der Waals surface area contributed by atoms with Crippen molar-refractivity contribution in [2.45, 2.75) is 18.8 Å². The third-order valence-corrected chi connectivity index (χ3v) is 6.24. The highest BCUT2D eigenvalue weighted by molar-refractivity contribution is 7.17. The lowest BCUT2D eigenvalue weighted by Crippen LogP contribution is -2.26. The quantitative estimate of drug-likeness (QED) is 0.578. The van der Waals surface area contributed by atoms with Gasteiger partial charge in [-0.05, 0) is 44.0 Å². The summed E-state index contributed by atoms with van der Waals surface area (Å²) in [5, 5.41) is 8.17. The number of fused-ring (bicyclic) bond motifs is 2. The number of halogens is 1. The number of rotatable bonds is 2. The molecule has 0 amide bonds. The minimum absolute atomic E-state index is 0.141. The molecule has 8 heteroatoms. The lowest BCUT2D eigenvalue weighted by Gasteiger charge is -2.20. The lowest BCUT2D eigenvalue weighted by atomic mass is 9.97. The van der Waals surface area contributed by atoms with Gasteiger partial charge < -0.3 is 5.32 Å². The molecule has 0 radical (unpaired) electrons. The van der Waals surface area contributed by atoms with Gasteiger partial charge in [0, 0.05) is 41.3 Å². The molecule has 1 aliphatic heterocycles. The van der Waals surface area contributed by atoms with E-state index >= 15 is 0 Å². The third kappa shape index (κ3) is 2.85. The molecule has 1 N–H and O–H groups in total. The number of nitrogens with zero attached hydrogens (tertiary/aromatic N) is 4. The molecule has 3 aromatic heterocycles. The molecule has 27 heavy (non-hydrogen) atoms. The first-order valence-corrected chi connectivity index (χ1v) is 9.77. The molecule has 0 atom stereocenters. The van der Waals surface area contributed by atoms with Crippen molar-refractivity contribution in [2.24, 2.45) is 7.05 Å². The number of nitrogens with one attached hydrogen (secondary N) is 1. The Morgan fingerprint density at radius 3 is 2.85 bits per heavy atom. The molecule has 5 rings (SSSR count). The number of hydrogen-bond donors (Lipinski definition) is 1. The Bertz CT molecular complexity index is 1220. The van der Waals surface area contributed by atoms with Gasteiger partial charge in [0.1, 0.15) is 5.52 Å². The van der Waals surface area contributed by atoms with Crippen molar-refractivity contribution in [2.75, 3.05) is 13.1 Å². The van der Waals surface area contributed by atoms with Crippen molar-refractivity contribution < 1.29 is 4.39 Å². The van der Waals surface area contributed by atoms with Crippen LogP contribution in [0.2, 0.25) is 0 Å². The molecule has 0 aliphatic carbocycles. The van der Waals surface area contributed by atoms with Crippen molar-refractivity contribution in [3.8, 4) is 11.3 Å². The highest BCUT2D eigenvalue weighted by atomic mass is 32.1. The number of thiazole rings is 1. The molecule has 0 saturated carbocycles. The Morgan fingerprint density at radius 2 is 2.04 bits per heavy atom. The van der Waals surface area contributed by atoms with E-state index in [1.165, 1.54) is 17.0 Å². The molecule has 1 saturated heterocycles. The molecule has 1 aliphatic rings. The van der Waals surface area contributed by atoms with Crippen molar-refractivity contribution >= 4 is 27.2 Å². The van der Waals surface area contributed by atoms with Gasteiger partial charge in [-0.1, -0.05) is 0 Å². The summed E-state index contributed by atoms with van der Waals surface area (Å²) in [5.41, 5.74) is 1.26. The lowest BCUT2D eigenvalue weighted by molar-refractivity contribution is 0.464. The summed E-state index contributed by atoms with van der Waals surface area (Å²) in [6.45, 7) is 1.99. The molecule has 1 aromatic carbocycles. The van der Waals surface area contributed by atoms with E-state index in [4.69, 9.17) is 0 Å². The van der Waals surface area contributed by atoms with Gasteiger partial charge >= 0.3 is 0 Å². The molecule has 4 aromatic rings. The van der Waals surface area contributed by atoms with Gasteiger partial charge in [-0.15, -0.1) is 11.3 Å². The van der Waals surface area contributed by atoms with E-state index < -0.39 is 5.82 Å². The van der Waals surface area contributed by atoms with Crippen LogP contribution in [0.5, 0.6) is 0 Å². The molecule has 0 bridgehead atoms. The summed E-state index contributed by atoms with van der Waals surface area (Å²) in [6.07, 6.45) is 5.81. The average molecular weight is 383 g/mol. The van der Waals surface area contributed by atoms with Gasteiger partial charge in [-0.2, -0.15) is 5.10 Å². The average Bonchev–Trinajstić information content (AvgIpc) is 3.26. The maximum absolute atomic E-state index is 14.4. The molecule has 138 valence electrons. The van der Waals surface area contributed by atoms with E-state index in [0.717, 1.165) is 25.9 Å². The Kier molecular flexibility index (Phi) is 3.84. The Hall–Kier alpha value is -2.58. The van der Waals surface area contributed by atoms with Crippen LogP contribution in [0.1, 0.15) is 23.6 Å². The van der Waals surface area contributed by atoms with Crippen LogP contribution in [-0.2, 0) is 7.05 Å². The first kappa shape index (κ1) is 16.6. The van der Waals surface area contributed by atoms with Crippen LogP contribution < -0.4 is 10.9 Å². The second-order valence-electron chi connectivity index (χ2n) is 6.99. The second-order valence-corrected chi connectivity index (χ2v) is 8.03. The van der Waals surface area contributed by atoms with Crippen LogP contribution in [0, 0.1) is 5.82 Å². The summed E-state index contributed by atoms with van der Waals surface area (Å²) in [4.78, 5) is 19.1. The Morgan fingerprint density at radius 1 is 1.22 bits per heavy atom. The Balaban J connectivity index is 1.62. The molecule has 6 nitrogen and oxygen atoms in total. The zero-order valence-electron chi connectivity index (χ0n) is 14.8. The number of benzene rings is 1. The van der Waals surface area contributed by atoms with Crippen LogP contribution in [-0.4, -0.2) is 32.3 Å². The van der Waals surface area contributed by atoms with E-state index in [9.17, 15) is 9.18 Å². The fourth-order valence-corrected chi connectivity index (χ4v) is 4.88. The number of aromatic nitrogens is 4. The SMILES string of the molecule is Cn1cc2cc(-c3cc(=O)n4cc(C5CCNCC5)sc4n3)cc(F)c2n1. The van der Waals surface area contributed by atoms with Crippen LogP contribution in [0.15, 0.2) is 35.4 Å². The second kappa shape index (κ2) is 6.24. The standard InChI is InChI=1S/C19H18FN5OS/c1-24-9-13-6-12(7-14(20)18(13)23-24)15-8-17(26)25-10-16(27-19(25)22-15)11-2-4-21-5-3-11/h6-11,21H,2-5H2,1H3. The van der Waals surface area contributed by atoms with Gasteiger partial charge in [-0.3, -0.25) is 13.9 Å². The van der Waals surface area contributed by atoms with E-state index in [1.54, 1.807) is 33.7 Å². The molecular formula is C19H18FN5OS. The minimum atomic E-state index is -0.410. The maximum atomic E-state index is 14.4. The molecular weight excluding hydrogens is 365 g/mol. The van der Waals surface area contributed by atoms with Gasteiger partial charge in [0.05, 0.1) is 5.69 Å². The molecule has 1 fully saturated rings. The third-order valence-electron chi connectivity index (χ3n) is 5.10. The highest BCUT2D eigenvalue weighted by Crippen LogP contribution is 2.31. The van der Waals surface area contributed by atoms with E-state index in [0.29, 0.717) is 33.0 Å². The van der Waals surface area contributed by atoms with Crippen molar-refractivity contribution in [3.63, 3.8) is 0 Å². The van der Waals surface area contributed by atoms with E-state index in [-0.39, 0.29) is 5.56 Å². The summed E-state index contributed by atoms with van der Waals surface area (Å²) in [5.74, 6) is 0.0525.